The van der Waals surface area contributed by atoms with E-state index in [0.29, 0.717) is 11.2 Å². The van der Waals surface area contributed by atoms with E-state index >= 15 is 0 Å². The molecule has 1 N–H and O–H groups in total. The highest BCUT2D eigenvalue weighted by Gasteiger charge is 2.37. The van der Waals surface area contributed by atoms with Crippen molar-refractivity contribution in [3.8, 4) is 0 Å². The Morgan fingerprint density at radius 1 is 1.23 bits per heavy atom. The van der Waals surface area contributed by atoms with Gasteiger partial charge in [-0.2, -0.15) is 13.2 Å². The van der Waals surface area contributed by atoms with E-state index in [1.54, 1.807) is 10.6 Å². The largest absolute Gasteiger partial charge is 0.481 e. The van der Waals surface area contributed by atoms with Gasteiger partial charge in [0.1, 0.15) is 5.41 Å². The first kappa shape index (κ1) is 16.4. The highest BCUT2D eigenvalue weighted by Crippen LogP contribution is 2.39. The van der Waals surface area contributed by atoms with Crippen molar-refractivity contribution in [2.45, 2.75) is 45.3 Å². The van der Waals surface area contributed by atoms with Crippen molar-refractivity contribution >= 4 is 16.9 Å². The number of carbonyl (C=O) groups is 1. The average molecular weight is 313 g/mol. The van der Waals surface area contributed by atoms with Crippen LogP contribution in [0.3, 0.4) is 0 Å². The van der Waals surface area contributed by atoms with Crippen LogP contribution in [-0.2, 0) is 16.4 Å². The molecular formula is C16H18F3NO2. The standard InChI is InChI=1S/C16H18F3NO2/c1-9(2)20-12-7-5-6-11(16(17,18)19)10(12)8-13(20)15(3,4)14(21)22/h5-9H,1-4H3,(H,21,22). The normalized spacial score (nSPS) is 13.1. The van der Waals surface area contributed by atoms with Gasteiger partial charge in [0.05, 0.1) is 5.56 Å². The quantitative estimate of drug-likeness (QED) is 0.899. The Labute approximate surface area is 126 Å². The summed E-state index contributed by atoms with van der Waals surface area (Å²) in [6.07, 6.45) is -4.48. The number of hydrogen-bond donors (Lipinski definition) is 1. The van der Waals surface area contributed by atoms with E-state index in [0.717, 1.165) is 6.07 Å². The minimum Gasteiger partial charge on any atom is -0.481 e. The fourth-order valence-electron chi connectivity index (χ4n) is 2.65. The molecule has 0 aliphatic rings. The zero-order chi connectivity index (χ0) is 16.9. The van der Waals surface area contributed by atoms with Gasteiger partial charge in [-0.05, 0) is 45.9 Å². The summed E-state index contributed by atoms with van der Waals surface area (Å²) in [6, 6.07) is 5.15. The summed E-state index contributed by atoms with van der Waals surface area (Å²) in [5, 5.41) is 9.45. The molecule has 0 atom stereocenters. The van der Waals surface area contributed by atoms with E-state index in [1.807, 2.05) is 13.8 Å². The second-order valence-corrected chi connectivity index (χ2v) is 6.16. The fourth-order valence-corrected chi connectivity index (χ4v) is 2.65. The Morgan fingerprint density at radius 2 is 1.82 bits per heavy atom. The predicted molar refractivity (Wildman–Crippen MR) is 78.0 cm³/mol. The number of fused-ring (bicyclic) bond motifs is 1. The zero-order valence-corrected chi connectivity index (χ0v) is 12.8. The van der Waals surface area contributed by atoms with Crippen LogP contribution in [-0.4, -0.2) is 15.6 Å². The smallest absolute Gasteiger partial charge is 0.417 e. The van der Waals surface area contributed by atoms with Crippen molar-refractivity contribution in [2.75, 3.05) is 0 Å². The molecule has 0 spiro atoms. The molecule has 0 saturated heterocycles. The molecular weight excluding hydrogens is 295 g/mol. The van der Waals surface area contributed by atoms with Crippen molar-refractivity contribution in [1.82, 2.24) is 4.57 Å². The summed E-state index contributed by atoms with van der Waals surface area (Å²) in [5.74, 6) is -1.08. The maximum atomic E-state index is 13.2. The highest BCUT2D eigenvalue weighted by atomic mass is 19.4. The average Bonchev–Trinajstić information content (AvgIpc) is 2.76. The summed E-state index contributed by atoms with van der Waals surface area (Å²) in [5.41, 5.74) is -1.27. The lowest BCUT2D eigenvalue weighted by molar-refractivity contribution is -0.142. The van der Waals surface area contributed by atoms with Crippen molar-refractivity contribution in [3.63, 3.8) is 0 Å². The highest BCUT2D eigenvalue weighted by molar-refractivity contribution is 5.89. The third-order valence-electron chi connectivity index (χ3n) is 3.88. The number of carboxylic acids is 1. The van der Waals surface area contributed by atoms with Crippen LogP contribution in [0.4, 0.5) is 13.2 Å². The summed E-state index contributed by atoms with van der Waals surface area (Å²) < 4.78 is 41.2. The molecule has 2 aromatic rings. The maximum Gasteiger partial charge on any atom is 0.417 e. The van der Waals surface area contributed by atoms with E-state index < -0.39 is 23.1 Å². The third-order valence-corrected chi connectivity index (χ3v) is 3.88. The lowest BCUT2D eigenvalue weighted by atomic mass is 9.89. The molecule has 0 unspecified atom stereocenters. The number of carboxylic acid groups (broad SMARTS) is 1. The number of benzene rings is 1. The molecule has 1 aromatic heterocycles. The second-order valence-electron chi connectivity index (χ2n) is 6.16. The number of aliphatic carboxylic acids is 1. The van der Waals surface area contributed by atoms with Gasteiger partial charge in [-0.25, -0.2) is 0 Å². The summed E-state index contributed by atoms with van der Waals surface area (Å²) in [4.78, 5) is 11.5. The molecule has 0 radical (unpaired) electrons. The number of aromatic nitrogens is 1. The van der Waals surface area contributed by atoms with Crippen LogP contribution in [0.1, 0.15) is 45.0 Å². The van der Waals surface area contributed by atoms with Gasteiger partial charge >= 0.3 is 12.1 Å². The van der Waals surface area contributed by atoms with Crippen LogP contribution >= 0.6 is 0 Å². The minimum absolute atomic E-state index is 0.0352. The lowest BCUT2D eigenvalue weighted by Gasteiger charge is -2.24. The van der Waals surface area contributed by atoms with Crippen molar-refractivity contribution in [3.05, 3.63) is 35.5 Å². The third kappa shape index (κ3) is 2.46. The van der Waals surface area contributed by atoms with Crippen molar-refractivity contribution in [1.29, 1.82) is 0 Å². The number of nitrogens with zero attached hydrogens (tertiary/aromatic N) is 1. The number of rotatable bonds is 3. The summed E-state index contributed by atoms with van der Waals surface area (Å²) in [6.45, 7) is 6.63. The van der Waals surface area contributed by atoms with Gasteiger partial charge in [-0.3, -0.25) is 4.79 Å². The zero-order valence-electron chi connectivity index (χ0n) is 12.8. The molecule has 1 heterocycles. The Kier molecular flexibility index (Phi) is 3.75. The monoisotopic (exact) mass is 313 g/mol. The molecule has 2 rings (SSSR count). The maximum absolute atomic E-state index is 13.2. The molecule has 0 aliphatic heterocycles. The summed E-state index contributed by atoms with van der Waals surface area (Å²) in [7, 11) is 0. The molecule has 0 saturated carbocycles. The van der Waals surface area contributed by atoms with Crippen molar-refractivity contribution in [2.24, 2.45) is 0 Å². The molecule has 22 heavy (non-hydrogen) atoms. The first-order chi connectivity index (χ1) is 9.98. The van der Waals surface area contributed by atoms with Gasteiger partial charge in [0.25, 0.3) is 0 Å². The molecule has 3 nitrogen and oxygen atoms in total. The number of alkyl halides is 3. The van der Waals surface area contributed by atoms with E-state index in [-0.39, 0.29) is 11.4 Å². The Balaban J connectivity index is 2.90. The van der Waals surface area contributed by atoms with E-state index in [1.165, 1.54) is 26.0 Å². The van der Waals surface area contributed by atoms with Gasteiger partial charge in [0, 0.05) is 22.6 Å². The minimum atomic E-state index is -4.48. The Morgan fingerprint density at radius 3 is 2.27 bits per heavy atom. The molecule has 120 valence electrons. The molecule has 6 heteroatoms. The van der Waals surface area contributed by atoms with Crippen LogP contribution in [0, 0.1) is 0 Å². The van der Waals surface area contributed by atoms with Crippen LogP contribution in [0.25, 0.3) is 10.9 Å². The van der Waals surface area contributed by atoms with Gasteiger partial charge in [0.15, 0.2) is 0 Å². The Hall–Kier alpha value is -1.98. The number of halogens is 3. The van der Waals surface area contributed by atoms with Crippen LogP contribution in [0.5, 0.6) is 0 Å². The molecule has 0 fully saturated rings. The van der Waals surface area contributed by atoms with E-state index in [2.05, 4.69) is 0 Å². The predicted octanol–water partition coefficient (Wildman–Crippen LogP) is 4.60. The first-order valence-electron chi connectivity index (χ1n) is 6.93. The van der Waals surface area contributed by atoms with Crippen molar-refractivity contribution < 1.29 is 23.1 Å². The topological polar surface area (TPSA) is 42.2 Å². The van der Waals surface area contributed by atoms with E-state index in [9.17, 15) is 23.1 Å². The molecule has 0 amide bonds. The SMILES string of the molecule is CC(C)n1c(C(C)(C)C(=O)O)cc2c(C(F)(F)F)cccc21. The van der Waals surface area contributed by atoms with Gasteiger partial charge < -0.3 is 9.67 Å². The fraction of sp³-hybridized carbons (Fsp3) is 0.438. The van der Waals surface area contributed by atoms with Crippen LogP contribution < -0.4 is 0 Å². The molecule has 1 aromatic carbocycles. The first-order valence-corrected chi connectivity index (χ1v) is 6.93. The Bertz CT molecular complexity index is 727. The molecule has 0 bridgehead atoms. The van der Waals surface area contributed by atoms with Gasteiger partial charge in [-0.15, -0.1) is 0 Å². The summed E-state index contributed by atoms with van der Waals surface area (Å²) >= 11 is 0. The number of hydrogen-bond acceptors (Lipinski definition) is 1. The second kappa shape index (κ2) is 5.04. The van der Waals surface area contributed by atoms with Crippen LogP contribution in [0.2, 0.25) is 0 Å². The van der Waals surface area contributed by atoms with Gasteiger partial charge in [-0.1, -0.05) is 6.07 Å². The van der Waals surface area contributed by atoms with E-state index in [4.69, 9.17) is 0 Å². The molecule has 0 aliphatic carbocycles. The van der Waals surface area contributed by atoms with Crippen LogP contribution in [0.15, 0.2) is 24.3 Å². The lowest BCUT2D eigenvalue weighted by Crippen LogP contribution is -2.31. The van der Waals surface area contributed by atoms with Gasteiger partial charge in [0.2, 0.25) is 0 Å².